The fraction of sp³-hybridized carbons (Fsp3) is 0.211. The van der Waals surface area contributed by atoms with Gasteiger partial charge < -0.3 is 15.4 Å². The summed E-state index contributed by atoms with van der Waals surface area (Å²) in [5.41, 5.74) is 3.25. The average Bonchev–Trinajstić information content (AvgIpc) is 2.67. The zero-order chi connectivity index (χ0) is 18.4. The summed E-state index contributed by atoms with van der Waals surface area (Å²) in [6.07, 6.45) is 3.39. The summed E-state index contributed by atoms with van der Waals surface area (Å²) in [5.74, 6) is 1.90. The van der Waals surface area contributed by atoms with E-state index in [9.17, 15) is 4.79 Å². The topological polar surface area (TPSA) is 63.2 Å². The van der Waals surface area contributed by atoms with Crippen LogP contribution in [0.15, 0.2) is 60.1 Å². The molecule has 2 heterocycles. The standard InChI is InChI=1S/C19H19N3O2S2/c1-24-17-10-20-8-7-13(17)9-21-15-11-26-12-16(23)18(15)19(25)22-14-5-3-2-4-6-14/h2-8,10,21H,9,11-12H2,1H3,(H,22,25). The molecule has 1 aliphatic heterocycles. The minimum atomic E-state index is 0.0406. The van der Waals surface area contributed by atoms with Crippen LogP contribution in [0.2, 0.25) is 0 Å². The smallest absolute Gasteiger partial charge is 0.177 e. The zero-order valence-electron chi connectivity index (χ0n) is 14.3. The first-order valence-corrected chi connectivity index (χ1v) is 9.66. The highest BCUT2D eigenvalue weighted by Gasteiger charge is 2.24. The van der Waals surface area contributed by atoms with E-state index in [2.05, 4.69) is 15.6 Å². The van der Waals surface area contributed by atoms with E-state index in [4.69, 9.17) is 17.0 Å². The van der Waals surface area contributed by atoms with Gasteiger partial charge in [-0.25, -0.2) is 0 Å². The molecule has 0 bridgehead atoms. The number of methoxy groups -OCH3 is 1. The van der Waals surface area contributed by atoms with Gasteiger partial charge in [0.1, 0.15) is 10.7 Å². The largest absolute Gasteiger partial charge is 0.495 e. The number of aromatic nitrogens is 1. The number of anilines is 1. The molecule has 5 nitrogen and oxygen atoms in total. The molecule has 1 aliphatic rings. The number of benzene rings is 1. The summed E-state index contributed by atoms with van der Waals surface area (Å²) in [6.45, 7) is 0.534. The molecule has 7 heteroatoms. The van der Waals surface area contributed by atoms with Gasteiger partial charge in [0.2, 0.25) is 0 Å². The van der Waals surface area contributed by atoms with Crippen molar-refractivity contribution in [3.63, 3.8) is 0 Å². The van der Waals surface area contributed by atoms with Crippen molar-refractivity contribution in [2.75, 3.05) is 23.9 Å². The highest BCUT2D eigenvalue weighted by atomic mass is 32.2. The fourth-order valence-electron chi connectivity index (χ4n) is 2.62. The quantitative estimate of drug-likeness (QED) is 0.741. The number of hydrogen-bond donors (Lipinski definition) is 2. The molecule has 134 valence electrons. The van der Waals surface area contributed by atoms with E-state index in [1.807, 2.05) is 36.4 Å². The molecular formula is C19H19N3O2S2. The number of thioether (sulfide) groups is 1. The van der Waals surface area contributed by atoms with Crippen molar-refractivity contribution < 1.29 is 9.53 Å². The third-order valence-electron chi connectivity index (χ3n) is 3.90. The number of carbonyl (C=O) groups excluding carboxylic acids is 1. The van der Waals surface area contributed by atoms with E-state index < -0.39 is 0 Å². The van der Waals surface area contributed by atoms with Crippen LogP contribution >= 0.6 is 24.0 Å². The zero-order valence-corrected chi connectivity index (χ0v) is 16.0. The predicted molar refractivity (Wildman–Crippen MR) is 110 cm³/mol. The molecule has 0 atom stereocenters. The number of ketones is 1. The van der Waals surface area contributed by atoms with E-state index in [-0.39, 0.29) is 5.78 Å². The third kappa shape index (κ3) is 4.42. The fourth-order valence-corrected chi connectivity index (χ4v) is 3.85. The average molecular weight is 386 g/mol. The van der Waals surface area contributed by atoms with Crippen molar-refractivity contribution >= 4 is 40.4 Å². The number of rotatable bonds is 6. The van der Waals surface area contributed by atoms with Crippen molar-refractivity contribution in [2.24, 2.45) is 0 Å². The molecule has 2 N–H and O–H groups in total. The van der Waals surface area contributed by atoms with Gasteiger partial charge in [-0.2, -0.15) is 0 Å². The highest BCUT2D eigenvalue weighted by molar-refractivity contribution is 8.00. The van der Waals surface area contributed by atoms with Gasteiger partial charge in [0.25, 0.3) is 0 Å². The van der Waals surface area contributed by atoms with Crippen molar-refractivity contribution in [2.45, 2.75) is 6.54 Å². The van der Waals surface area contributed by atoms with Gasteiger partial charge in [-0.1, -0.05) is 30.4 Å². The number of hydrogen-bond acceptors (Lipinski definition) is 6. The first kappa shape index (κ1) is 18.4. The monoisotopic (exact) mass is 385 g/mol. The highest BCUT2D eigenvalue weighted by Crippen LogP contribution is 2.23. The molecule has 2 aromatic rings. The minimum Gasteiger partial charge on any atom is -0.495 e. The Balaban J connectivity index is 1.80. The van der Waals surface area contributed by atoms with E-state index >= 15 is 0 Å². The number of para-hydroxylation sites is 1. The van der Waals surface area contributed by atoms with Crippen LogP contribution in [0.5, 0.6) is 5.75 Å². The normalized spacial score (nSPS) is 14.1. The van der Waals surface area contributed by atoms with Crippen LogP contribution in [-0.2, 0) is 11.3 Å². The Morgan fingerprint density at radius 1 is 1.27 bits per heavy atom. The maximum Gasteiger partial charge on any atom is 0.177 e. The summed E-state index contributed by atoms with van der Waals surface area (Å²) >= 11 is 7.10. The van der Waals surface area contributed by atoms with Crippen LogP contribution in [0.1, 0.15) is 5.56 Å². The molecular weight excluding hydrogens is 366 g/mol. The third-order valence-corrected chi connectivity index (χ3v) is 5.17. The molecule has 0 saturated heterocycles. The van der Waals surface area contributed by atoms with Crippen LogP contribution in [0.3, 0.4) is 0 Å². The minimum absolute atomic E-state index is 0.0406. The number of Topliss-reactive ketones (excluding diaryl/α,β-unsaturated/α-hetero) is 1. The number of thiocarbonyl (C=S) groups is 1. The Labute approximate surface area is 162 Å². The maximum atomic E-state index is 12.5. The Hall–Kier alpha value is -2.38. The molecule has 0 spiro atoms. The van der Waals surface area contributed by atoms with Gasteiger partial charge in [0.05, 0.1) is 24.6 Å². The lowest BCUT2D eigenvalue weighted by Gasteiger charge is -2.22. The van der Waals surface area contributed by atoms with Crippen molar-refractivity contribution in [1.82, 2.24) is 10.3 Å². The number of carbonyl (C=O) groups is 1. The lowest BCUT2D eigenvalue weighted by atomic mass is 10.1. The van der Waals surface area contributed by atoms with Gasteiger partial charge >= 0.3 is 0 Å². The molecule has 0 unspecified atom stereocenters. The number of pyridine rings is 1. The summed E-state index contributed by atoms with van der Waals surface area (Å²) in [7, 11) is 1.62. The number of ether oxygens (including phenoxy) is 1. The maximum absolute atomic E-state index is 12.5. The Bertz CT molecular complexity index is 838. The van der Waals surface area contributed by atoms with Gasteiger partial charge in [-0.3, -0.25) is 9.78 Å². The van der Waals surface area contributed by atoms with Crippen molar-refractivity contribution in [3.05, 3.63) is 65.6 Å². The van der Waals surface area contributed by atoms with E-state index in [0.717, 1.165) is 16.9 Å². The van der Waals surface area contributed by atoms with Gasteiger partial charge in [-0.05, 0) is 18.2 Å². The van der Waals surface area contributed by atoms with Crippen molar-refractivity contribution in [3.8, 4) is 5.75 Å². The Morgan fingerprint density at radius 2 is 2.08 bits per heavy atom. The molecule has 0 fully saturated rings. The second-order valence-corrected chi connectivity index (χ2v) is 7.02. The second-order valence-electron chi connectivity index (χ2n) is 5.63. The van der Waals surface area contributed by atoms with Crippen LogP contribution < -0.4 is 15.4 Å². The van der Waals surface area contributed by atoms with Crippen LogP contribution in [0, 0.1) is 0 Å². The SMILES string of the molecule is COc1cnccc1CNC1=C(C(=S)Nc2ccccc2)C(=O)CSC1. The van der Waals surface area contributed by atoms with Gasteiger partial charge in [0, 0.05) is 35.4 Å². The predicted octanol–water partition coefficient (Wildman–Crippen LogP) is 3.19. The molecule has 26 heavy (non-hydrogen) atoms. The summed E-state index contributed by atoms with van der Waals surface area (Å²) in [6, 6.07) is 11.5. The summed E-state index contributed by atoms with van der Waals surface area (Å²) in [4.78, 5) is 17.0. The first-order chi connectivity index (χ1) is 12.7. The number of nitrogens with one attached hydrogen (secondary N) is 2. The molecule has 0 aliphatic carbocycles. The van der Waals surface area contributed by atoms with Crippen molar-refractivity contribution in [1.29, 1.82) is 0 Å². The second kappa shape index (κ2) is 8.82. The Morgan fingerprint density at radius 3 is 2.85 bits per heavy atom. The molecule has 0 saturated carbocycles. The first-order valence-electron chi connectivity index (χ1n) is 8.10. The van der Waals surface area contributed by atoms with E-state index in [1.165, 1.54) is 0 Å². The van der Waals surface area contributed by atoms with E-state index in [1.54, 1.807) is 31.3 Å². The molecule has 1 aromatic heterocycles. The summed E-state index contributed by atoms with van der Waals surface area (Å²) in [5, 5.41) is 6.52. The lowest BCUT2D eigenvalue weighted by Crippen LogP contribution is -2.31. The number of nitrogens with zero attached hydrogens (tertiary/aromatic N) is 1. The van der Waals surface area contributed by atoms with Gasteiger partial charge in [-0.15, -0.1) is 11.8 Å². The Kier molecular flexibility index (Phi) is 6.25. The van der Waals surface area contributed by atoms with Crippen LogP contribution in [0.4, 0.5) is 5.69 Å². The van der Waals surface area contributed by atoms with Crippen LogP contribution in [0.25, 0.3) is 0 Å². The van der Waals surface area contributed by atoms with E-state index in [0.29, 0.717) is 34.4 Å². The molecule has 0 amide bonds. The lowest BCUT2D eigenvalue weighted by molar-refractivity contribution is -0.112. The van der Waals surface area contributed by atoms with Crippen LogP contribution in [-0.4, -0.2) is 34.4 Å². The molecule has 0 radical (unpaired) electrons. The van der Waals surface area contributed by atoms with Gasteiger partial charge in [0.15, 0.2) is 5.78 Å². The summed E-state index contributed by atoms with van der Waals surface area (Å²) < 4.78 is 5.33. The molecule has 3 rings (SSSR count). The molecule has 1 aromatic carbocycles.